The molecule has 36 heavy (non-hydrogen) atoms. The van der Waals surface area contributed by atoms with Crippen LogP contribution >= 0.6 is 0 Å². The molecular formula is C35H25N. The van der Waals surface area contributed by atoms with Crippen LogP contribution in [0.25, 0.3) is 60.2 Å². The third-order valence-electron chi connectivity index (χ3n) is 8.35. The zero-order valence-corrected chi connectivity index (χ0v) is 20.4. The van der Waals surface area contributed by atoms with Crippen molar-refractivity contribution in [3.8, 4) is 16.8 Å². The third-order valence-corrected chi connectivity index (χ3v) is 8.35. The maximum absolute atomic E-state index is 2.45. The Morgan fingerprint density at radius 3 is 2.17 bits per heavy atom. The van der Waals surface area contributed by atoms with Crippen LogP contribution in [0, 0.1) is 0 Å². The van der Waals surface area contributed by atoms with Gasteiger partial charge in [0.15, 0.2) is 0 Å². The van der Waals surface area contributed by atoms with Crippen molar-refractivity contribution in [3.63, 3.8) is 0 Å². The summed E-state index contributed by atoms with van der Waals surface area (Å²) in [6.07, 6.45) is 0. The van der Waals surface area contributed by atoms with Gasteiger partial charge in [-0.25, -0.2) is 0 Å². The Morgan fingerprint density at radius 2 is 1.25 bits per heavy atom. The predicted molar refractivity (Wildman–Crippen MR) is 153 cm³/mol. The second kappa shape index (κ2) is 6.86. The molecule has 1 aliphatic carbocycles. The maximum atomic E-state index is 2.45. The van der Waals surface area contributed by atoms with Crippen LogP contribution in [0.4, 0.5) is 0 Å². The van der Waals surface area contributed by atoms with Gasteiger partial charge >= 0.3 is 0 Å². The highest BCUT2D eigenvalue weighted by atomic mass is 15.0. The Balaban J connectivity index is 1.50. The van der Waals surface area contributed by atoms with Gasteiger partial charge in [0.05, 0.1) is 11.0 Å². The van der Waals surface area contributed by atoms with Crippen molar-refractivity contribution in [1.29, 1.82) is 0 Å². The molecule has 0 spiro atoms. The molecule has 0 unspecified atom stereocenters. The van der Waals surface area contributed by atoms with Crippen molar-refractivity contribution in [2.24, 2.45) is 0 Å². The Kier molecular flexibility index (Phi) is 3.79. The van der Waals surface area contributed by atoms with E-state index in [2.05, 4.69) is 134 Å². The normalized spacial score (nSPS) is 14.1. The monoisotopic (exact) mass is 459 g/mol. The van der Waals surface area contributed by atoms with E-state index in [1.165, 1.54) is 71.3 Å². The van der Waals surface area contributed by atoms with Crippen LogP contribution in [0.1, 0.15) is 25.0 Å². The summed E-state index contributed by atoms with van der Waals surface area (Å²) in [4.78, 5) is 0. The molecule has 0 saturated heterocycles. The van der Waals surface area contributed by atoms with E-state index < -0.39 is 0 Å². The van der Waals surface area contributed by atoms with Gasteiger partial charge in [0.25, 0.3) is 0 Å². The number of para-hydroxylation sites is 1. The predicted octanol–water partition coefficient (Wildman–Crippen LogP) is 9.40. The fourth-order valence-electron chi connectivity index (χ4n) is 6.58. The summed E-state index contributed by atoms with van der Waals surface area (Å²) in [5.41, 5.74) is 9.33. The van der Waals surface area contributed by atoms with Crippen molar-refractivity contribution in [2.45, 2.75) is 19.3 Å². The van der Waals surface area contributed by atoms with Crippen LogP contribution in [-0.4, -0.2) is 4.57 Å². The van der Waals surface area contributed by atoms with Crippen LogP contribution in [-0.2, 0) is 5.41 Å². The van der Waals surface area contributed by atoms with Gasteiger partial charge in [0.1, 0.15) is 0 Å². The number of fused-ring (bicyclic) bond motifs is 9. The van der Waals surface area contributed by atoms with Gasteiger partial charge in [-0.15, -0.1) is 0 Å². The molecule has 1 aromatic heterocycles. The lowest BCUT2D eigenvalue weighted by molar-refractivity contribution is 0.661. The van der Waals surface area contributed by atoms with E-state index in [9.17, 15) is 0 Å². The van der Waals surface area contributed by atoms with E-state index in [1.54, 1.807) is 0 Å². The minimum atomic E-state index is 0.00810. The lowest BCUT2D eigenvalue weighted by atomic mass is 9.82. The Hall–Kier alpha value is -4.36. The molecule has 0 N–H and O–H groups in total. The molecule has 6 aromatic carbocycles. The fourth-order valence-corrected chi connectivity index (χ4v) is 6.58. The summed E-state index contributed by atoms with van der Waals surface area (Å²) in [5, 5.41) is 7.77. The van der Waals surface area contributed by atoms with Crippen molar-refractivity contribution < 1.29 is 0 Å². The molecule has 170 valence electrons. The SMILES string of the molecule is CC1(C)c2ccccc2-c2c1ccc1cc3c(cc21)c1ccccc1n3-c1ccc2ccccc2c1. The molecule has 1 heteroatoms. The van der Waals surface area contributed by atoms with Crippen LogP contribution in [0.2, 0.25) is 0 Å². The molecule has 0 radical (unpaired) electrons. The molecule has 0 bridgehead atoms. The van der Waals surface area contributed by atoms with Gasteiger partial charge in [0, 0.05) is 21.9 Å². The molecule has 0 fully saturated rings. The van der Waals surface area contributed by atoms with Gasteiger partial charge in [-0.2, -0.15) is 0 Å². The average Bonchev–Trinajstić information content (AvgIpc) is 3.36. The molecule has 1 nitrogen and oxygen atoms in total. The highest BCUT2D eigenvalue weighted by molar-refractivity contribution is 6.16. The quantitative estimate of drug-likeness (QED) is 0.230. The number of benzene rings is 6. The maximum Gasteiger partial charge on any atom is 0.0547 e. The first-order valence-corrected chi connectivity index (χ1v) is 12.7. The van der Waals surface area contributed by atoms with Gasteiger partial charge in [-0.05, 0) is 74.1 Å². The average molecular weight is 460 g/mol. The Bertz CT molecular complexity index is 2020. The van der Waals surface area contributed by atoms with E-state index in [1.807, 2.05) is 0 Å². The van der Waals surface area contributed by atoms with Gasteiger partial charge in [-0.3, -0.25) is 0 Å². The molecular weight excluding hydrogens is 434 g/mol. The minimum Gasteiger partial charge on any atom is -0.309 e. The van der Waals surface area contributed by atoms with Gasteiger partial charge < -0.3 is 4.57 Å². The topological polar surface area (TPSA) is 4.93 Å². The first-order valence-electron chi connectivity index (χ1n) is 12.7. The summed E-state index contributed by atoms with van der Waals surface area (Å²) >= 11 is 0. The van der Waals surface area contributed by atoms with Crippen molar-refractivity contribution in [2.75, 3.05) is 0 Å². The van der Waals surface area contributed by atoms with Crippen molar-refractivity contribution >= 4 is 43.4 Å². The first-order chi connectivity index (χ1) is 17.6. The molecule has 8 rings (SSSR count). The van der Waals surface area contributed by atoms with Crippen LogP contribution in [0.15, 0.2) is 115 Å². The summed E-state index contributed by atoms with van der Waals surface area (Å²) < 4.78 is 2.43. The molecule has 0 aliphatic heterocycles. The van der Waals surface area contributed by atoms with Gasteiger partial charge in [-0.1, -0.05) is 98.8 Å². The summed E-state index contributed by atoms with van der Waals surface area (Å²) in [6, 6.07) is 42.7. The summed E-state index contributed by atoms with van der Waals surface area (Å²) in [5.74, 6) is 0. The molecule has 0 atom stereocenters. The van der Waals surface area contributed by atoms with Crippen LogP contribution < -0.4 is 0 Å². The van der Waals surface area contributed by atoms with E-state index in [4.69, 9.17) is 0 Å². The molecule has 0 amide bonds. The third kappa shape index (κ3) is 2.50. The molecule has 0 saturated carbocycles. The molecule has 1 heterocycles. The van der Waals surface area contributed by atoms with E-state index in [0.717, 1.165) is 0 Å². The number of nitrogens with zero attached hydrogens (tertiary/aromatic N) is 1. The van der Waals surface area contributed by atoms with Crippen molar-refractivity contribution in [1.82, 2.24) is 4.57 Å². The Labute approximate surface area is 210 Å². The van der Waals surface area contributed by atoms with E-state index in [-0.39, 0.29) is 5.41 Å². The smallest absolute Gasteiger partial charge is 0.0547 e. The number of aromatic nitrogens is 1. The standard InChI is InChI=1S/C35H25N/c1-35(2)30-13-7-5-12-27(30)34-28-21-29-26-11-6-8-14-32(26)36(33(29)20-24(28)16-18-31(34)35)25-17-15-22-9-3-4-10-23(22)19-25/h3-21H,1-2H3. The summed E-state index contributed by atoms with van der Waals surface area (Å²) in [6.45, 7) is 4.71. The second-order valence-electron chi connectivity index (χ2n) is 10.6. The van der Waals surface area contributed by atoms with E-state index >= 15 is 0 Å². The van der Waals surface area contributed by atoms with Crippen LogP contribution in [0.5, 0.6) is 0 Å². The number of rotatable bonds is 1. The zero-order chi connectivity index (χ0) is 24.0. The van der Waals surface area contributed by atoms with E-state index in [0.29, 0.717) is 0 Å². The van der Waals surface area contributed by atoms with Crippen molar-refractivity contribution in [3.05, 3.63) is 126 Å². The van der Waals surface area contributed by atoms with Crippen LogP contribution in [0.3, 0.4) is 0 Å². The highest BCUT2D eigenvalue weighted by Gasteiger charge is 2.36. The van der Waals surface area contributed by atoms with Gasteiger partial charge in [0.2, 0.25) is 0 Å². The first kappa shape index (κ1) is 19.9. The number of hydrogen-bond donors (Lipinski definition) is 0. The molecule has 7 aromatic rings. The molecule has 1 aliphatic rings. The zero-order valence-electron chi connectivity index (χ0n) is 20.4. The minimum absolute atomic E-state index is 0.00810. The second-order valence-corrected chi connectivity index (χ2v) is 10.6. The highest BCUT2D eigenvalue weighted by Crippen LogP contribution is 2.51. The largest absolute Gasteiger partial charge is 0.309 e. The lowest BCUT2D eigenvalue weighted by Gasteiger charge is -2.21. The lowest BCUT2D eigenvalue weighted by Crippen LogP contribution is -2.14. The number of hydrogen-bond acceptors (Lipinski definition) is 0. The Morgan fingerprint density at radius 1 is 0.500 bits per heavy atom. The summed E-state index contributed by atoms with van der Waals surface area (Å²) in [7, 11) is 0. The fraction of sp³-hybridized carbons (Fsp3) is 0.0857.